The summed E-state index contributed by atoms with van der Waals surface area (Å²) in [6.07, 6.45) is 0. The third-order valence-electron chi connectivity index (χ3n) is 5.79. The minimum absolute atomic E-state index is 0. The zero-order valence-electron chi connectivity index (χ0n) is 15.0. The maximum Gasteiger partial charge on any atom is 0.0951 e. The van der Waals surface area contributed by atoms with Crippen LogP contribution in [-0.2, 0) is 6.54 Å². The van der Waals surface area contributed by atoms with Gasteiger partial charge in [0.1, 0.15) is 0 Å². The van der Waals surface area contributed by atoms with Crippen LogP contribution in [0, 0.1) is 25.7 Å². The minimum Gasteiger partial charge on any atom is -0.299 e. The van der Waals surface area contributed by atoms with Gasteiger partial charge in [0.2, 0.25) is 0 Å². The second-order valence-corrected chi connectivity index (χ2v) is 7.85. The Bertz CT molecular complexity index is 745. The van der Waals surface area contributed by atoms with Gasteiger partial charge in [-0.25, -0.2) is 0 Å². The summed E-state index contributed by atoms with van der Waals surface area (Å²) in [5.74, 6) is 1.42. The SMILES string of the molecule is Cc1ccccc1[C@H]1[C@@H]2CN(Cc3n[nH]c(C)c3Cl)C[C@@H]2CN1C.Cl. The van der Waals surface area contributed by atoms with E-state index in [2.05, 4.69) is 58.2 Å². The molecule has 1 aromatic carbocycles. The summed E-state index contributed by atoms with van der Waals surface area (Å²) in [6.45, 7) is 8.49. The molecule has 136 valence electrons. The van der Waals surface area contributed by atoms with Gasteiger partial charge < -0.3 is 0 Å². The summed E-state index contributed by atoms with van der Waals surface area (Å²) in [4.78, 5) is 5.07. The first-order valence-electron chi connectivity index (χ1n) is 8.72. The Morgan fingerprint density at radius 1 is 1.20 bits per heavy atom. The van der Waals surface area contributed by atoms with Crippen LogP contribution in [0.3, 0.4) is 0 Å². The summed E-state index contributed by atoms with van der Waals surface area (Å²) in [6, 6.07) is 9.36. The van der Waals surface area contributed by atoms with Gasteiger partial charge in [-0.3, -0.25) is 14.9 Å². The number of halogens is 2. The fourth-order valence-corrected chi connectivity index (χ4v) is 4.79. The first-order chi connectivity index (χ1) is 11.5. The van der Waals surface area contributed by atoms with E-state index >= 15 is 0 Å². The molecule has 0 saturated carbocycles. The van der Waals surface area contributed by atoms with Crippen molar-refractivity contribution in [1.82, 2.24) is 20.0 Å². The number of nitrogens with one attached hydrogen (secondary N) is 1. The molecule has 2 aliphatic rings. The molecule has 4 nitrogen and oxygen atoms in total. The maximum atomic E-state index is 6.35. The third kappa shape index (κ3) is 3.33. The monoisotopic (exact) mass is 380 g/mol. The number of hydrogen-bond acceptors (Lipinski definition) is 3. The number of rotatable bonds is 3. The fourth-order valence-electron chi connectivity index (χ4n) is 4.65. The molecule has 2 aliphatic heterocycles. The Morgan fingerprint density at radius 2 is 1.96 bits per heavy atom. The summed E-state index contributed by atoms with van der Waals surface area (Å²) >= 11 is 6.35. The van der Waals surface area contributed by atoms with Crippen LogP contribution in [0.2, 0.25) is 5.02 Å². The Balaban J connectivity index is 0.00000182. The highest BCUT2D eigenvalue weighted by atomic mass is 35.5. The topological polar surface area (TPSA) is 35.2 Å². The van der Waals surface area contributed by atoms with E-state index in [1.54, 1.807) is 0 Å². The molecule has 25 heavy (non-hydrogen) atoms. The fraction of sp³-hybridized carbons (Fsp3) is 0.526. The summed E-state index contributed by atoms with van der Waals surface area (Å²) in [5, 5.41) is 8.15. The van der Waals surface area contributed by atoms with E-state index < -0.39 is 0 Å². The smallest absolute Gasteiger partial charge is 0.0951 e. The highest BCUT2D eigenvalue weighted by Gasteiger charge is 2.46. The molecule has 0 unspecified atom stereocenters. The Kier molecular flexibility index (Phi) is 5.45. The van der Waals surface area contributed by atoms with Crippen molar-refractivity contribution in [3.63, 3.8) is 0 Å². The number of hydrogen-bond donors (Lipinski definition) is 1. The molecule has 3 heterocycles. The lowest BCUT2D eigenvalue weighted by molar-refractivity contribution is 0.223. The van der Waals surface area contributed by atoms with Crippen molar-refractivity contribution >= 4 is 24.0 Å². The molecule has 0 aliphatic carbocycles. The summed E-state index contributed by atoms with van der Waals surface area (Å²) in [7, 11) is 2.27. The highest BCUT2D eigenvalue weighted by Crippen LogP contribution is 2.45. The van der Waals surface area contributed by atoms with Crippen LogP contribution in [0.15, 0.2) is 24.3 Å². The van der Waals surface area contributed by atoms with E-state index in [1.807, 2.05) is 6.92 Å². The van der Waals surface area contributed by atoms with Crippen molar-refractivity contribution in [3.05, 3.63) is 51.8 Å². The average Bonchev–Trinajstić information content (AvgIpc) is 3.16. The van der Waals surface area contributed by atoms with Gasteiger partial charge in [-0.15, -0.1) is 12.4 Å². The molecule has 0 amide bonds. The molecule has 2 aromatic rings. The Labute approximate surface area is 160 Å². The highest BCUT2D eigenvalue weighted by molar-refractivity contribution is 6.31. The van der Waals surface area contributed by atoms with Crippen LogP contribution in [0.5, 0.6) is 0 Å². The number of benzene rings is 1. The van der Waals surface area contributed by atoms with E-state index in [-0.39, 0.29) is 12.4 Å². The number of aromatic nitrogens is 2. The van der Waals surface area contributed by atoms with Gasteiger partial charge in [0.15, 0.2) is 0 Å². The average molecular weight is 381 g/mol. The molecule has 6 heteroatoms. The van der Waals surface area contributed by atoms with Gasteiger partial charge in [-0.1, -0.05) is 35.9 Å². The minimum atomic E-state index is 0. The van der Waals surface area contributed by atoms with Crippen molar-refractivity contribution in [1.29, 1.82) is 0 Å². The van der Waals surface area contributed by atoms with Crippen LogP contribution in [0.1, 0.15) is 28.6 Å². The second kappa shape index (κ2) is 7.28. The largest absolute Gasteiger partial charge is 0.299 e. The maximum absolute atomic E-state index is 6.35. The first-order valence-corrected chi connectivity index (χ1v) is 9.10. The van der Waals surface area contributed by atoms with E-state index in [4.69, 9.17) is 11.6 Å². The van der Waals surface area contributed by atoms with Gasteiger partial charge in [-0.2, -0.15) is 5.10 Å². The third-order valence-corrected chi connectivity index (χ3v) is 6.29. The van der Waals surface area contributed by atoms with Gasteiger partial charge in [0.25, 0.3) is 0 Å². The molecule has 3 atom stereocenters. The number of likely N-dealkylation sites (tertiary alicyclic amines) is 2. The Hall–Kier alpha value is -1.07. The lowest BCUT2D eigenvalue weighted by atomic mass is 9.88. The van der Waals surface area contributed by atoms with Crippen LogP contribution in [0.25, 0.3) is 0 Å². The Morgan fingerprint density at radius 3 is 2.64 bits per heavy atom. The van der Waals surface area contributed by atoms with Crippen LogP contribution < -0.4 is 0 Å². The molecule has 1 N–H and O–H groups in total. The molecule has 0 spiro atoms. The number of fused-ring (bicyclic) bond motifs is 1. The van der Waals surface area contributed by atoms with E-state index in [1.165, 1.54) is 17.7 Å². The lowest BCUT2D eigenvalue weighted by Crippen LogP contribution is -2.29. The van der Waals surface area contributed by atoms with Crippen LogP contribution in [-0.4, -0.2) is 46.7 Å². The van der Waals surface area contributed by atoms with Crippen LogP contribution >= 0.6 is 24.0 Å². The van der Waals surface area contributed by atoms with Gasteiger partial charge in [-0.05, 0) is 43.9 Å². The van der Waals surface area contributed by atoms with E-state index in [9.17, 15) is 0 Å². The lowest BCUT2D eigenvalue weighted by Gasteiger charge is -2.27. The zero-order valence-corrected chi connectivity index (χ0v) is 16.6. The standard InChI is InChI=1S/C19H25ClN4.ClH/c1-12-6-4-5-7-15(12)19-16-10-24(9-14(16)8-23(19)3)11-17-18(20)13(2)21-22-17;/h4-7,14,16,19H,8-11H2,1-3H3,(H,21,22);1H/t14-,16+,19-;/m0./s1. The molecule has 2 saturated heterocycles. The quantitative estimate of drug-likeness (QED) is 0.878. The number of H-pyrrole nitrogens is 1. The predicted molar refractivity (Wildman–Crippen MR) is 104 cm³/mol. The molecule has 0 radical (unpaired) electrons. The summed E-state index contributed by atoms with van der Waals surface area (Å²) in [5.41, 5.74) is 4.83. The molecule has 4 rings (SSSR count). The molecule has 2 fully saturated rings. The summed E-state index contributed by atoms with van der Waals surface area (Å²) < 4.78 is 0. The van der Waals surface area contributed by atoms with Crippen molar-refractivity contribution < 1.29 is 0 Å². The van der Waals surface area contributed by atoms with Crippen LogP contribution in [0.4, 0.5) is 0 Å². The number of aromatic amines is 1. The molecule has 1 aromatic heterocycles. The van der Waals surface area contributed by atoms with E-state index in [0.717, 1.165) is 42.0 Å². The van der Waals surface area contributed by atoms with Crippen molar-refractivity contribution in [2.24, 2.45) is 11.8 Å². The number of aryl methyl sites for hydroxylation is 2. The molecular weight excluding hydrogens is 355 g/mol. The van der Waals surface area contributed by atoms with Crippen molar-refractivity contribution in [3.8, 4) is 0 Å². The van der Waals surface area contributed by atoms with Gasteiger partial charge in [0.05, 0.1) is 16.4 Å². The molecular formula is C19H26Cl2N4. The molecule has 0 bridgehead atoms. The van der Waals surface area contributed by atoms with Gasteiger partial charge >= 0.3 is 0 Å². The van der Waals surface area contributed by atoms with Crippen molar-refractivity contribution in [2.75, 3.05) is 26.7 Å². The first kappa shape index (κ1) is 18.7. The number of nitrogens with zero attached hydrogens (tertiary/aromatic N) is 3. The zero-order chi connectivity index (χ0) is 16.8. The van der Waals surface area contributed by atoms with Crippen molar-refractivity contribution in [2.45, 2.75) is 26.4 Å². The van der Waals surface area contributed by atoms with Gasteiger partial charge in [0, 0.05) is 32.2 Å². The second-order valence-electron chi connectivity index (χ2n) is 7.47. The van der Waals surface area contributed by atoms with E-state index in [0.29, 0.717) is 12.0 Å². The normalized spacial score (nSPS) is 26.6. The predicted octanol–water partition coefficient (Wildman–Crippen LogP) is 3.84.